The third kappa shape index (κ3) is 3.08. The average molecular weight is 304 g/mol. The van der Waals surface area contributed by atoms with Crippen molar-refractivity contribution in [3.63, 3.8) is 0 Å². The van der Waals surface area contributed by atoms with E-state index >= 15 is 0 Å². The first-order valence-electron chi connectivity index (χ1n) is 7.83. The number of hydrogen-bond donors (Lipinski definition) is 1. The fourth-order valence-corrected chi connectivity index (χ4v) is 2.91. The number of hydrogen-bond acceptors (Lipinski definition) is 3. The first-order chi connectivity index (χ1) is 10.6. The van der Waals surface area contributed by atoms with Crippen molar-refractivity contribution in [3.8, 4) is 0 Å². The van der Waals surface area contributed by atoms with Crippen molar-refractivity contribution in [1.29, 1.82) is 0 Å². The van der Waals surface area contributed by atoms with E-state index in [0.29, 0.717) is 13.1 Å². The predicted molar refractivity (Wildman–Crippen MR) is 85.8 cm³/mol. The second-order valence-electron chi connectivity index (χ2n) is 6.24. The van der Waals surface area contributed by atoms with Gasteiger partial charge in [-0.05, 0) is 18.3 Å². The quantitative estimate of drug-likeness (QED) is 0.644. The van der Waals surface area contributed by atoms with Gasteiger partial charge in [0.15, 0.2) is 5.96 Å². The molecule has 1 aliphatic carbocycles. The van der Waals surface area contributed by atoms with Crippen LogP contribution in [-0.4, -0.2) is 59.8 Å². The molecule has 1 saturated carbocycles. The molecule has 3 rings (SSSR count). The number of guanidine groups is 1. The van der Waals surface area contributed by atoms with Crippen LogP contribution in [0.4, 0.5) is 5.69 Å². The molecule has 2 heterocycles. The number of anilines is 1. The zero-order valence-electron chi connectivity index (χ0n) is 13.5. The highest BCUT2D eigenvalue weighted by atomic mass is 16.2. The Morgan fingerprint density at radius 1 is 1.50 bits per heavy atom. The number of carbonyl (C=O) groups excluding carboxylic acids is 1. The molecule has 1 amide bonds. The first kappa shape index (κ1) is 14.9. The Hall–Kier alpha value is -2.05. The number of amides is 1. The minimum absolute atomic E-state index is 0.0852. The van der Waals surface area contributed by atoms with Gasteiger partial charge < -0.3 is 15.1 Å². The van der Waals surface area contributed by atoms with Crippen molar-refractivity contribution in [3.05, 3.63) is 12.4 Å². The minimum atomic E-state index is 0.0852. The van der Waals surface area contributed by atoms with Gasteiger partial charge in [0.1, 0.15) is 6.54 Å². The summed E-state index contributed by atoms with van der Waals surface area (Å²) < 4.78 is 1.71. The molecule has 0 aromatic carbocycles. The van der Waals surface area contributed by atoms with Crippen LogP contribution in [0.25, 0.3) is 0 Å². The van der Waals surface area contributed by atoms with Gasteiger partial charge in [0.2, 0.25) is 5.91 Å². The number of rotatable bonds is 3. The van der Waals surface area contributed by atoms with Crippen molar-refractivity contribution in [2.75, 3.05) is 38.1 Å². The second kappa shape index (κ2) is 5.98. The SMILES string of the molecule is CN=C(NCC1CC1C)N1CCN(c2cnn(C)c2)C(=O)C1. The first-order valence-corrected chi connectivity index (χ1v) is 7.83. The van der Waals surface area contributed by atoms with Crippen LogP contribution in [0.5, 0.6) is 0 Å². The lowest BCUT2D eigenvalue weighted by molar-refractivity contribution is -0.120. The molecule has 1 aromatic heterocycles. The summed E-state index contributed by atoms with van der Waals surface area (Å²) in [6, 6.07) is 0. The summed E-state index contributed by atoms with van der Waals surface area (Å²) in [5.74, 6) is 2.49. The molecule has 1 aromatic rings. The van der Waals surface area contributed by atoms with E-state index in [-0.39, 0.29) is 5.91 Å². The monoisotopic (exact) mass is 304 g/mol. The second-order valence-corrected chi connectivity index (χ2v) is 6.24. The average Bonchev–Trinajstić information content (AvgIpc) is 3.03. The summed E-state index contributed by atoms with van der Waals surface area (Å²) in [5, 5.41) is 7.53. The van der Waals surface area contributed by atoms with E-state index in [1.807, 2.05) is 18.1 Å². The smallest absolute Gasteiger partial charge is 0.246 e. The van der Waals surface area contributed by atoms with E-state index in [2.05, 4.69) is 22.3 Å². The Morgan fingerprint density at radius 3 is 2.82 bits per heavy atom. The molecule has 7 nitrogen and oxygen atoms in total. The highest BCUT2D eigenvalue weighted by Gasteiger charge is 2.33. The molecule has 2 aliphatic rings. The van der Waals surface area contributed by atoms with Crippen LogP contribution < -0.4 is 10.2 Å². The van der Waals surface area contributed by atoms with Crippen molar-refractivity contribution in [1.82, 2.24) is 20.0 Å². The molecule has 7 heteroatoms. The Morgan fingerprint density at radius 2 is 2.27 bits per heavy atom. The van der Waals surface area contributed by atoms with Gasteiger partial charge in [0.25, 0.3) is 0 Å². The number of aryl methyl sites for hydroxylation is 1. The lowest BCUT2D eigenvalue weighted by Gasteiger charge is -2.35. The third-order valence-corrected chi connectivity index (χ3v) is 4.53. The fourth-order valence-electron chi connectivity index (χ4n) is 2.91. The van der Waals surface area contributed by atoms with Gasteiger partial charge in [-0.2, -0.15) is 5.10 Å². The highest BCUT2D eigenvalue weighted by Crippen LogP contribution is 2.36. The molecule has 2 unspecified atom stereocenters. The molecule has 120 valence electrons. The molecule has 1 saturated heterocycles. The van der Waals surface area contributed by atoms with Crippen LogP contribution in [0, 0.1) is 11.8 Å². The maximum atomic E-state index is 12.4. The van der Waals surface area contributed by atoms with E-state index < -0.39 is 0 Å². The van der Waals surface area contributed by atoms with Crippen LogP contribution in [-0.2, 0) is 11.8 Å². The lowest BCUT2D eigenvalue weighted by Crippen LogP contribution is -2.55. The van der Waals surface area contributed by atoms with Gasteiger partial charge in [-0.1, -0.05) is 6.92 Å². The van der Waals surface area contributed by atoms with Crippen LogP contribution >= 0.6 is 0 Å². The summed E-state index contributed by atoms with van der Waals surface area (Å²) >= 11 is 0. The van der Waals surface area contributed by atoms with E-state index in [4.69, 9.17) is 0 Å². The fraction of sp³-hybridized carbons (Fsp3) is 0.667. The molecule has 0 radical (unpaired) electrons. The molecule has 0 spiro atoms. The zero-order valence-corrected chi connectivity index (χ0v) is 13.5. The number of nitrogens with one attached hydrogen (secondary N) is 1. The van der Waals surface area contributed by atoms with Crippen molar-refractivity contribution in [2.24, 2.45) is 23.9 Å². The molecule has 2 atom stereocenters. The summed E-state index contributed by atoms with van der Waals surface area (Å²) in [6.45, 7) is 5.01. The molecular weight excluding hydrogens is 280 g/mol. The van der Waals surface area contributed by atoms with Crippen LogP contribution in [0.2, 0.25) is 0 Å². The molecule has 2 fully saturated rings. The van der Waals surface area contributed by atoms with Gasteiger partial charge >= 0.3 is 0 Å². The number of aromatic nitrogens is 2. The summed E-state index contributed by atoms with van der Waals surface area (Å²) in [6.07, 6.45) is 4.89. The topological polar surface area (TPSA) is 65.8 Å². The van der Waals surface area contributed by atoms with E-state index in [0.717, 1.165) is 36.6 Å². The number of aliphatic imine (C=N–C) groups is 1. The summed E-state index contributed by atoms with van der Waals surface area (Å²) in [4.78, 5) is 20.5. The van der Waals surface area contributed by atoms with E-state index in [9.17, 15) is 4.79 Å². The van der Waals surface area contributed by atoms with E-state index in [1.54, 1.807) is 22.8 Å². The van der Waals surface area contributed by atoms with Crippen LogP contribution in [0.1, 0.15) is 13.3 Å². The zero-order chi connectivity index (χ0) is 15.7. The Bertz CT molecular complexity index is 580. The van der Waals surface area contributed by atoms with Crippen molar-refractivity contribution < 1.29 is 4.79 Å². The molecule has 1 aliphatic heterocycles. The van der Waals surface area contributed by atoms with Crippen LogP contribution in [0.15, 0.2) is 17.4 Å². The Kier molecular flexibility index (Phi) is 4.04. The maximum absolute atomic E-state index is 12.4. The Labute approximate surface area is 131 Å². The van der Waals surface area contributed by atoms with Crippen molar-refractivity contribution in [2.45, 2.75) is 13.3 Å². The summed E-state index contributed by atoms with van der Waals surface area (Å²) in [7, 11) is 3.63. The standard InChI is InChI=1S/C15H24N6O/c1-11-6-12(11)7-17-15(16-2)20-4-5-21(14(22)10-20)13-8-18-19(3)9-13/h8-9,11-12H,4-7,10H2,1-3H3,(H,16,17). The largest absolute Gasteiger partial charge is 0.356 e. The molecule has 22 heavy (non-hydrogen) atoms. The molecule has 0 bridgehead atoms. The van der Waals surface area contributed by atoms with Gasteiger partial charge in [-0.3, -0.25) is 14.5 Å². The third-order valence-electron chi connectivity index (χ3n) is 4.53. The van der Waals surface area contributed by atoms with Gasteiger partial charge in [0.05, 0.1) is 11.9 Å². The molecular formula is C15H24N6O. The van der Waals surface area contributed by atoms with Gasteiger partial charge in [-0.25, -0.2) is 0 Å². The number of carbonyl (C=O) groups is 1. The van der Waals surface area contributed by atoms with Gasteiger partial charge in [0, 0.05) is 39.9 Å². The van der Waals surface area contributed by atoms with Gasteiger partial charge in [-0.15, -0.1) is 0 Å². The normalized spacial score (nSPS) is 25.6. The number of piperazine rings is 1. The van der Waals surface area contributed by atoms with Crippen molar-refractivity contribution >= 4 is 17.6 Å². The lowest BCUT2D eigenvalue weighted by atomic mass is 10.3. The predicted octanol–water partition coefficient (Wildman–Crippen LogP) is 0.300. The highest BCUT2D eigenvalue weighted by molar-refractivity contribution is 5.98. The van der Waals surface area contributed by atoms with Crippen LogP contribution in [0.3, 0.4) is 0 Å². The minimum Gasteiger partial charge on any atom is -0.356 e. The maximum Gasteiger partial charge on any atom is 0.246 e. The Balaban J connectivity index is 1.57. The number of nitrogens with zero attached hydrogens (tertiary/aromatic N) is 5. The summed E-state index contributed by atoms with van der Waals surface area (Å²) in [5.41, 5.74) is 0.863. The van der Waals surface area contributed by atoms with E-state index in [1.165, 1.54) is 6.42 Å². The molecule has 1 N–H and O–H groups in total.